The Morgan fingerprint density at radius 2 is 1.89 bits per heavy atom. The van der Waals surface area contributed by atoms with E-state index in [0.717, 1.165) is 22.5 Å². The molecular formula is C17H24ClN5O3S. The van der Waals surface area contributed by atoms with Gasteiger partial charge >= 0.3 is 0 Å². The topological polar surface area (TPSA) is 89.7 Å². The molecule has 1 aliphatic rings. The molecule has 3 heterocycles. The Hall–Kier alpha value is -1.55. The van der Waals surface area contributed by atoms with Crippen molar-refractivity contribution >= 4 is 38.4 Å². The lowest BCUT2D eigenvalue weighted by Gasteiger charge is -2.25. The summed E-state index contributed by atoms with van der Waals surface area (Å²) in [6, 6.07) is 0. The van der Waals surface area contributed by atoms with Gasteiger partial charge in [0.2, 0.25) is 10.0 Å². The average molecular weight is 414 g/mol. The van der Waals surface area contributed by atoms with Crippen LogP contribution < -0.4 is 0 Å². The van der Waals surface area contributed by atoms with Gasteiger partial charge in [0, 0.05) is 43.9 Å². The summed E-state index contributed by atoms with van der Waals surface area (Å²) >= 11 is 6.32. The molecule has 8 nitrogen and oxygen atoms in total. The monoisotopic (exact) mass is 413 g/mol. The van der Waals surface area contributed by atoms with Crippen LogP contribution in [0.25, 0.3) is 11.0 Å². The predicted octanol–water partition coefficient (Wildman–Crippen LogP) is 2.50. The van der Waals surface area contributed by atoms with E-state index in [4.69, 9.17) is 21.4 Å². The normalized spacial score (nSPS) is 16.3. The second-order valence-corrected chi connectivity index (χ2v) is 8.96. The van der Waals surface area contributed by atoms with Gasteiger partial charge in [0.1, 0.15) is 17.6 Å². The van der Waals surface area contributed by atoms with E-state index in [2.05, 4.69) is 9.97 Å². The first-order valence-electron chi connectivity index (χ1n) is 8.86. The molecule has 0 radical (unpaired) electrons. The number of hydrogen-bond donors (Lipinski definition) is 0. The Balaban J connectivity index is 2.04. The Morgan fingerprint density at radius 1 is 1.22 bits per heavy atom. The van der Waals surface area contributed by atoms with Crippen molar-refractivity contribution in [1.29, 1.82) is 0 Å². The molecule has 0 aromatic carbocycles. The van der Waals surface area contributed by atoms with Gasteiger partial charge in [-0.15, -0.1) is 0 Å². The van der Waals surface area contributed by atoms with Gasteiger partial charge in [-0.1, -0.05) is 11.6 Å². The second-order valence-electron chi connectivity index (χ2n) is 6.62. The molecule has 0 amide bonds. The molecule has 1 fully saturated rings. The molecule has 0 atom stereocenters. The van der Waals surface area contributed by atoms with Crippen molar-refractivity contribution in [2.24, 2.45) is 5.10 Å². The molecule has 10 heteroatoms. The number of sulfonamides is 1. The van der Waals surface area contributed by atoms with Crippen molar-refractivity contribution in [3.8, 4) is 0 Å². The van der Waals surface area contributed by atoms with E-state index in [1.165, 1.54) is 10.6 Å². The minimum atomic E-state index is -3.17. The van der Waals surface area contributed by atoms with Crippen LogP contribution in [0.4, 0.5) is 0 Å². The van der Waals surface area contributed by atoms with Gasteiger partial charge in [0.15, 0.2) is 11.0 Å². The minimum absolute atomic E-state index is 0.312. The summed E-state index contributed by atoms with van der Waals surface area (Å²) in [5, 5.41) is 5.15. The Kier molecular flexibility index (Phi) is 5.85. The second kappa shape index (κ2) is 7.83. The van der Waals surface area contributed by atoms with E-state index in [0.29, 0.717) is 55.6 Å². The number of aryl methyl sites for hydroxylation is 2. The van der Waals surface area contributed by atoms with Gasteiger partial charge < -0.3 is 4.74 Å². The lowest BCUT2D eigenvalue weighted by atomic mass is 10.1. The molecular weight excluding hydrogens is 390 g/mol. The molecule has 0 spiro atoms. The molecule has 148 valence electrons. The number of aromatic nitrogens is 3. The van der Waals surface area contributed by atoms with Crippen LogP contribution in [0, 0.1) is 13.8 Å². The molecule has 0 saturated carbocycles. The SMILES string of the molecule is CCOCc1nc2c(Cl)nc(C)c(C)c2n1N=C1CCN(S(C)(=O)=O)CC1. The first-order chi connectivity index (χ1) is 12.7. The smallest absolute Gasteiger partial charge is 0.211 e. The number of nitrogens with zero attached hydrogens (tertiary/aromatic N) is 5. The van der Waals surface area contributed by atoms with Crippen LogP contribution in [0.15, 0.2) is 5.10 Å². The highest BCUT2D eigenvalue weighted by atomic mass is 35.5. The van der Waals surface area contributed by atoms with Gasteiger partial charge in [-0.2, -0.15) is 5.10 Å². The third-order valence-electron chi connectivity index (χ3n) is 4.73. The number of pyridine rings is 1. The zero-order chi connectivity index (χ0) is 19.8. The van der Waals surface area contributed by atoms with Crippen LogP contribution in [0.1, 0.15) is 36.8 Å². The molecule has 0 N–H and O–H groups in total. The fourth-order valence-corrected chi connectivity index (χ4v) is 4.21. The number of ether oxygens (including phenoxy) is 1. The van der Waals surface area contributed by atoms with Gasteiger partial charge in [-0.25, -0.2) is 27.4 Å². The maximum atomic E-state index is 11.7. The highest BCUT2D eigenvalue weighted by molar-refractivity contribution is 7.88. The van der Waals surface area contributed by atoms with Gasteiger partial charge in [0.05, 0.1) is 6.26 Å². The molecule has 0 unspecified atom stereocenters. The summed E-state index contributed by atoms with van der Waals surface area (Å²) in [5.41, 5.74) is 4.14. The summed E-state index contributed by atoms with van der Waals surface area (Å²) in [5.74, 6) is 0.655. The summed E-state index contributed by atoms with van der Waals surface area (Å²) in [6.45, 7) is 7.54. The molecule has 0 aliphatic carbocycles. The fourth-order valence-electron chi connectivity index (χ4n) is 3.11. The molecule has 1 saturated heterocycles. The van der Waals surface area contributed by atoms with E-state index < -0.39 is 10.0 Å². The number of halogens is 1. The quantitative estimate of drug-likeness (QED) is 0.702. The summed E-state index contributed by atoms with van der Waals surface area (Å²) < 4.78 is 32.2. The maximum absolute atomic E-state index is 11.7. The number of hydrogen-bond acceptors (Lipinski definition) is 6. The van der Waals surface area contributed by atoms with E-state index in [9.17, 15) is 8.42 Å². The van der Waals surface area contributed by atoms with E-state index in [-0.39, 0.29) is 0 Å². The van der Waals surface area contributed by atoms with Crippen molar-refractivity contribution in [3.63, 3.8) is 0 Å². The zero-order valence-corrected chi connectivity index (χ0v) is 17.6. The predicted molar refractivity (Wildman–Crippen MR) is 106 cm³/mol. The van der Waals surface area contributed by atoms with Crippen molar-refractivity contribution < 1.29 is 13.2 Å². The van der Waals surface area contributed by atoms with E-state index >= 15 is 0 Å². The fraction of sp³-hybridized carbons (Fsp3) is 0.588. The Labute approximate surface area is 164 Å². The van der Waals surface area contributed by atoms with Gasteiger partial charge in [-0.3, -0.25) is 0 Å². The van der Waals surface area contributed by atoms with Crippen LogP contribution in [0.3, 0.4) is 0 Å². The average Bonchev–Trinajstić information content (AvgIpc) is 2.97. The molecule has 2 aromatic heterocycles. The highest BCUT2D eigenvalue weighted by Gasteiger charge is 2.24. The molecule has 1 aliphatic heterocycles. The Morgan fingerprint density at radius 3 is 2.48 bits per heavy atom. The molecule has 0 bridgehead atoms. The third-order valence-corrected chi connectivity index (χ3v) is 6.29. The Bertz CT molecular complexity index is 990. The van der Waals surface area contributed by atoms with Crippen molar-refractivity contribution in [3.05, 3.63) is 22.2 Å². The van der Waals surface area contributed by atoms with Gasteiger partial charge in [-0.05, 0) is 26.3 Å². The standard InChI is InChI=1S/C17H24ClN5O3S/c1-5-26-10-14-20-15-16(11(2)12(3)19-17(15)18)23(14)21-13-6-8-22(9-7-13)27(4,24)25/h5-10H2,1-4H3. The number of rotatable bonds is 5. The van der Waals surface area contributed by atoms with Gasteiger partial charge in [0.25, 0.3) is 0 Å². The van der Waals surface area contributed by atoms with E-state index in [1.807, 2.05) is 20.8 Å². The van der Waals surface area contributed by atoms with Crippen LogP contribution >= 0.6 is 11.6 Å². The van der Waals surface area contributed by atoms with Crippen LogP contribution in [0.2, 0.25) is 5.15 Å². The largest absolute Gasteiger partial charge is 0.374 e. The van der Waals surface area contributed by atoms with Crippen LogP contribution in [-0.4, -0.2) is 59.0 Å². The number of fused-ring (bicyclic) bond motifs is 1. The summed E-state index contributed by atoms with van der Waals surface area (Å²) in [6.07, 6.45) is 2.40. The van der Waals surface area contributed by atoms with E-state index in [1.54, 1.807) is 4.68 Å². The summed E-state index contributed by atoms with van der Waals surface area (Å²) in [4.78, 5) is 8.95. The lowest BCUT2D eigenvalue weighted by Crippen LogP contribution is -2.38. The first kappa shape index (κ1) is 20.2. The minimum Gasteiger partial charge on any atom is -0.374 e. The highest BCUT2D eigenvalue weighted by Crippen LogP contribution is 2.28. The van der Waals surface area contributed by atoms with Crippen LogP contribution in [0.5, 0.6) is 0 Å². The zero-order valence-electron chi connectivity index (χ0n) is 16.0. The molecule has 27 heavy (non-hydrogen) atoms. The summed E-state index contributed by atoms with van der Waals surface area (Å²) in [7, 11) is -3.17. The third kappa shape index (κ3) is 4.16. The van der Waals surface area contributed by atoms with Crippen molar-refractivity contribution in [2.45, 2.75) is 40.2 Å². The lowest BCUT2D eigenvalue weighted by molar-refractivity contribution is 0.126. The number of imidazole rings is 1. The molecule has 2 aromatic rings. The van der Waals surface area contributed by atoms with Crippen molar-refractivity contribution in [2.75, 3.05) is 26.0 Å². The van der Waals surface area contributed by atoms with Crippen molar-refractivity contribution in [1.82, 2.24) is 18.9 Å². The van der Waals surface area contributed by atoms with Crippen LogP contribution in [-0.2, 0) is 21.4 Å². The first-order valence-corrected chi connectivity index (χ1v) is 11.1. The maximum Gasteiger partial charge on any atom is 0.211 e. The molecule has 3 rings (SSSR count). The number of piperidine rings is 1.